The number of ether oxygens (including phenoxy) is 1. The van der Waals surface area contributed by atoms with Crippen molar-refractivity contribution >= 4 is 0 Å². The normalized spacial score (nSPS) is 12.8. The molecule has 95 valence electrons. The fraction of sp³-hybridized carbons (Fsp3) is 0.0526. The zero-order valence-electron chi connectivity index (χ0n) is 10.9. The van der Waals surface area contributed by atoms with Gasteiger partial charge in [0.15, 0.2) is 6.10 Å². The molecule has 3 aromatic carbocycles. The standard InChI is InChI=1S/C19H13O/c1-2-8-14(9-3-1)20-19-17-12-6-4-10-15(17)16-11-5-7-13-18(16)19/h2-13,19H. The highest BCUT2D eigenvalue weighted by Crippen LogP contribution is 2.45. The van der Waals surface area contributed by atoms with Crippen LogP contribution in [-0.2, 0) is 0 Å². The summed E-state index contributed by atoms with van der Waals surface area (Å²) in [6.45, 7) is 0. The molecule has 0 N–H and O–H groups in total. The smallest absolute Gasteiger partial charge is 0.150 e. The van der Waals surface area contributed by atoms with Crippen molar-refractivity contribution in [2.75, 3.05) is 0 Å². The van der Waals surface area contributed by atoms with Crippen LogP contribution in [0.15, 0.2) is 72.8 Å². The van der Waals surface area contributed by atoms with Crippen molar-refractivity contribution in [3.63, 3.8) is 0 Å². The molecule has 20 heavy (non-hydrogen) atoms. The van der Waals surface area contributed by atoms with Crippen LogP contribution >= 0.6 is 0 Å². The maximum atomic E-state index is 6.21. The second-order valence-corrected chi connectivity index (χ2v) is 4.91. The highest BCUT2D eigenvalue weighted by atomic mass is 16.5. The van der Waals surface area contributed by atoms with E-state index in [9.17, 15) is 0 Å². The molecule has 1 aliphatic rings. The van der Waals surface area contributed by atoms with Gasteiger partial charge in [0.2, 0.25) is 0 Å². The van der Waals surface area contributed by atoms with Gasteiger partial charge in [-0.05, 0) is 29.3 Å². The summed E-state index contributed by atoms with van der Waals surface area (Å²) in [5.74, 6) is 0.875. The molecule has 1 aliphatic carbocycles. The molecule has 0 fully saturated rings. The lowest BCUT2D eigenvalue weighted by molar-refractivity contribution is 0.252. The molecule has 1 nitrogen and oxygen atoms in total. The summed E-state index contributed by atoms with van der Waals surface area (Å²) in [5, 5.41) is 0. The topological polar surface area (TPSA) is 9.23 Å². The number of fused-ring (bicyclic) bond motifs is 3. The molecular weight excluding hydrogens is 244 g/mol. The molecule has 0 atom stereocenters. The van der Waals surface area contributed by atoms with Gasteiger partial charge in [-0.1, -0.05) is 60.7 Å². The van der Waals surface area contributed by atoms with E-state index < -0.39 is 0 Å². The van der Waals surface area contributed by atoms with Crippen LogP contribution in [0.2, 0.25) is 0 Å². The summed E-state index contributed by atoms with van der Waals surface area (Å²) < 4.78 is 6.21. The average Bonchev–Trinajstić information content (AvgIpc) is 2.84. The van der Waals surface area contributed by atoms with Crippen LogP contribution in [0.25, 0.3) is 11.1 Å². The number of rotatable bonds is 2. The number of hydrogen-bond acceptors (Lipinski definition) is 1. The van der Waals surface area contributed by atoms with Gasteiger partial charge in [-0.15, -0.1) is 0 Å². The van der Waals surface area contributed by atoms with E-state index in [0.29, 0.717) is 0 Å². The van der Waals surface area contributed by atoms with Gasteiger partial charge in [0.1, 0.15) is 5.75 Å². The molecule has 1 radical (unpaired) electrons. The van der Waals surface area contributed by atoms with E-state index in [4.69, 9.17) is 4.74 Å². The molecule has 1 heteroatoms. The van der Waals surface area contributed by atoms with E-state index in [0.717, 1.165) is 5.75 Å². The van der Waals surface area contributed by atoms with Gasteiger partial charge in [-0.25, -0.2) is 0 Å². The average molecular weight is 257 g/mol. The predicted molar refractivity (Wildman–Crippen MR) is 79.6 cm³/mol. The first-order valence-electron chi connectivity index (χ1n) is 6.74. The van der Waals surface area contributed by atoms with Crippen LogP contribution in [0.5, 0.6) is 5.75 Å². The molecular formula is C19H13O. The van der Waals surface area contributed by atoms with Gasteiger partial charge >= 0.3 is 0 Å². The fourth-order valence-electron chi connectivity index (χ4n) is 2.82. The van der Waals surface area contributed by atoms with Crippen molar-refractivity contribution in [1.29, 1.82) is 0 Å². The van der Waals surface area contributed by atoms with E-state index in [1.807, 2.05) is 24.3 Å². The lowest BCUT2D eigenvalue weighted by Crippen LogP contribution is -2.05. The minimum Gasteiger partial charge on any atom is -0.481 e. The molecule has 0 saturated carbocycles. The van der Waals surface area contributed by atoms with Crippen LogP contribution in [-0.4, -0.2) is 0 Å². The van der Waals surface area contributed by atoms with Crippen molar-refractivity contribution in [3.05, 3.63) is 90.0 Å². The summed E-state index contributed by atoms with van der Waals surface area (Å²) in [7, 11) is 0. The van der Waals surface area contributed by atoms with Crippen LogP contribution in [0.4, 0.5) is 0 Å². The Hall–Kier alpha value is -2.54. The van der Waals surface area contributed by atoms with Gasteiger partial charge in [0, 0.05) is 11.1 Å². The summed E-state index contributed by atoms with van der Waals surface area (Å²) >= 11 is 0. The van der Waals surface area contributed by atoms with Gasteiger partial charge in [-0.2, -0.15) is 0 Å². The first kappa shape index (κ1) is 11.3. The molecule has 0 aromatic heterocycles. The largest absolute Gasteiger partial charge is 0.481 e. The van der Waals surface area contributed by atoms with Crippen LogP contribution in [0.3, 0.4) is 0 Å². The quantitative estimate of drug-likeness (QED) is 0.650. The third-order valence-corrected chi connectivity index (χ3v) is 3.72. The van der Waals surface area contributed by atoms with E-state index in [2.05, 4.69) is 54.6 Å². The first-order chi connectivity index (χ1) is 9.93. The Labute approximate surface area is 118 Å². The van der Waals surface area contributed by atoms with E-state index in [1.165, 1.54) is 22.3 Å². The van der Waals surface area contributed by atoms with E-state index in [1.54, 1.807) is 0 Å². The molecule has 0 amide bonds. The van der Waals surface area contributed by atoms with Crippen LogP contribution < -0.4 is 4.74 Å². The fourth-order valence-corrected chi connectivity index (χ4v) is 2.82. The van der Waals surface area contributed by atoms with Crippen LogP contribution in [0.1, 0.15) is 17.2 Å². The summed E-state index contributed by atoms with van der Waals surface area (Å²) in [4.78, 5) is 0. The van der Waals surface area contributed by atoms with Crippen molar-refractivity contribution < 1.29 is 4.74 Å². The molecule has 0 spiro atoms. The minimum absolute atomic E-state index is 0.0233. The lowest BCUT2D eigenvalue weighted by atomic mass is 10.1. The number of hydrogen-bond donors (Lipinski definition) is 0. The molecule has 3 aromatic rings. The molecule has 0 aliphatic heterocycles. The van der Waals surface area contributed by atoms with Crippen molar-refractivity contribution in [1.82, 2.24) is 0 Å². The second kappa shape index (κ2) is 4.53. The second-order valence-electron chi connectivity index (χ2n) is 4.91. The zero-order valence-corrected chi connectivity index (χ0v) is 10.9. The Morgan fingerprint density at radius 3 is 1.85 bits per heavy atom. The van der Waals surface area contributed by atoms with E-state index in [-0.39, 0.29) is 6.10 Å². The van der Waals surface area contributed by atoms with E-state index >= 15 is 0 Å². The van der Waals surface area contributed by atoms with Crippen molar-refractivity contribution in [2.45, 2.75) is 6.10 Å². The summed E-state index contributed by atoms with van der Waals surface area (Å²) in [6, 6.07) is 27.6. The molecule has 0 saturated heterocycles. The van der Waals surface area contributed by atoms with Gasteiger partial charge < -0.3 is 4.74 Å². The van der Waals surface area contributed by atoms with Crippen molar-refractivity contribution in [3.8, 4) is 16.9 Å². The maximum absolute atomic E-state index is 6.21. The first-order valence-corrected chi connectivity index (χ1v) is 6.74. The molecule has 0 unspecified atom stereocenters. The zero-order chi connectivity index (χ0) is 13.4. The molecule has 0 bridgehead atoms. The highest BCUT2D eigenvalue weighted by molar-refractivity contribution is 5.78. The third-order valence-electron chi connectivity index (χ3n) is 3.72. The minimum atomic E-state index is -0.0233. The predicted octanol–water partition coefficient (Wildman–Crippen LogP) is 4.64. The van der Waals surface area contributed by atoms with Gasteiger partial charge in [0.05, 0.1) is 0 Å². The van der Waals surface area contributed by atoms with Gasteiger partial charge in [-0.3, -0.25) is 0 Å². The lowest BCUT2D eigenvalue weighted by Gasteiger charge is -2.16. The van der Waals surface area contributed by atoms with Crippen LogP contribution in [0, 0.1) is 6.07 Å². The SMILES string of the molecule is [c]1ccc(OC2c3ccccc3-c3ccccc32)cc1. The maximum Gasteiger partial charge on any atom is 0.150 e. The Balaban J connectivity index is 1.83. The Morgan fingerprint density at radius 1 is 0.700 bits per heavy atom. The van der Waals surface area contributed by atoms with Crippen molar-refractivity contribution in [2.24, 2.45) is 0 Å². The monoisotopic (exact) mass is 257 g/mol. The van der Waals surface area contributed by atoms with Gasteiger partial charge in [0.25, 0.3) is 0 Å². The number of benzene rings is 3. The molecule has 4 rings (SSSR count). The Bertz CT molecular complexity index is 701. The molecule has 0 heterocycles. The summed E-state index contributed by atoms with van der Waals surface area (Å²) in [5.41, 5.74) is 5.02. The highest BCUT2D eigenvalue weighted by Gasteiger charge is 2.29. The Morgan fingerprint density at radius 2 is 1.25 bits per heavy atom. The third kappa shape index (κ3) is 1.71. The Kier molecular flexibility index (Phi) is 2.56. The summed E-state index contributed by atoms with van der Waals surface area (Å²) in [6.07, 6.45) is -0.0233.